The van der Waals surface area contributed by atoms with Crippen LogP contribution in [0.5, 0.6) is 0 Å². The van der Waals surface area contributed by atoms with Crippen molar-refractivity contribution in [1.82, 2.24) is 29.8 Å². The SMILES string of the molecule is CCCn1nnnc1CSc1nc2ccccc2c(=O)n1C1CCCC(C)C1C. The molecular formula is C21H28N6OS. The number of thioether (sulfide) groups is 1. The van der Waals surface area contributed by atoms with E-state index in [0.717, 1.165) is 42.3 Å². The summed E-state index contributed by atoms with van der Waals surface area (Å²) < 4.78 is 3.79. The fourth-order valence-corrected chi connectivity index (χ4v) is 5.26. The van der Waals surface area contributed by atoms with Gasteiger partial charge in [0.05, 0.1) is 16.7 Å². The number of fused-ring (bicyclic) bond motifs is 1. The van der Waals surface area contributed by atoms with Crippen molar-refractivity contribution in [2.45, 2.75) is 70.0 Å². The molecule has 0 spiro atoms. The molecule has 7 nitrogen and oxygen atoms in total. The molecule has 0 N–H and O–H groups in total. The standard InChI is InChI=1S/C21H28N6OS/c1-4-12-26-19(23-24-25-26)13-29-21-22-17-10-6-5-9-16(17)20(28)27(21)18-11-7-8-14(2)15(18)3/h5-6,9-10,14-15,18H,4,7-8,11-13H2,1-3H3. The van der Waals surface area contributed by atoms with Gasteiger partial charge in [-0.15, -0.1) is 5.10 Å². The van der Waals surface area contributed by atoms with Crippen LogP contribution >= 0.6 is 11.8 Å². The van der Waals surface area contributed by atoms with Crippen molar-refractivity contribution in [3.8, 4) is 0 Å². The van der Waals surface area contributed by atoms with Crippen LogP contribution in [0.15, 0.2) is 34.2 Å². The van der Waals surface area contributed by atoms with E-state index in [1.807, 2.05) is 33.5 Å². The van der Waals surface area contributed by atoms with Gasteiger partial charge in [0.25, 0.3) is 5.56 Å². The van der Waals surface area contributed by atoms with E-state index in [1.165, 1.54) is 6.42 Å². The highest BCUT2D eigenvalue weighted by Gasteiger charge is 2.31. The van der Waals surface area contributed by atoms with Crippen LogP contribution in [-0.2, 0) is 12.3 Å². The second-order valence-electron chi connectivity index (χ2n) is 8.03. The monoisotopic (exact) mass is 412 g/mol. The number of nitrogens with zero attached hydrogens (tertiary/aromatic N) is 6. The predicted octanol–water partition coefficient (Wildman–Crippen LogP) is 4.08. The quantitative estimate of drug-likeness (QED) is 0.448. The number of hydrogen-bond donors (Lipinski definition) is 0. The summed E-state index contributed by atoms with van der Waals surface area (Å²) in [6, 6.07) is 7.82. The summed E-state index contributed by atoms with van der Waals surface area (Å²) in [7, 11) is 0. The highest BCUT2D eigenvalue weighted by molar-refractivity contribution is 7.98. The second-order valence-corrected chi connectivity index (χ2v) is 8.97. The molecule has 2 heterocycles. The molecular weight excluding hydrogens is 384 g/mol. The van der Waals surface area contributed by atoms with Crippen LogP contribution in [0.2, 0.25) is 0 Å². The number of rotatable bonds is 6. The highest BCUT2D eigenvalue weighted by atomic mass is 32.2. The molecule has 1 aromatic carbocycles. The molecule has 3 atom stereocenters. The van der Waals surface area contributed by atoms with Gasteiger partial charge < -0.3 is 0 Å². The number of aryl methyl sites for hydroxylation is 1. The van der Waals surface area contributed by atoms with Crippen LogP contribution in [0.3, 0.4) is 0 Å². The third kappa shape index (κ3) is 3.95. The number of tetrazole rings is 1. The fourth-order valence-electron chi connectivity index (χ4n) is 4.28. The van der Waals surface area contributed by atoms with Gasteiger partial charge in [0.1, 0.15) is 0 Å². The van der Waals surface area contributed by atoms with Crippen molar-refractivity contribution < 1.29 is 0 Å². The van der Waals surface area contributed by atoms with Gasteiger partial charge in [-0.2, -0.15) is 0 Å². The average molecular weight is 413 g/mol. The van der Waals surface area contributed by atoms with Crippen LogP contribution in [-0.4, -0.2) is 29.8 Å². The molecule has 0 radical (unpaired) electrons. The van der Waals surface area contributed by atoms with E-state index in [2.05, 4.69) is 36.3 Å². The normalized spacial score (nSPS) is 22.2. The van der Waals surface area contributed by atoms with Crippen molar-refractivity contribution >= 4 is 22.7 Å². The van der Waals surface area contributed by atoms with E-state index in [-0.39, 0.29) is 11.6 Å². The first-order valence-corrected chi connectivity index (χ1v) is 11.5. The molecule has 1 aliphatic carbocycles. The smallest absolute Gasteiger partial charge is 0.262 e. The summed E-state index contributed by atoms with van der Waals surface area (Å²) in [6.07, 6.45) is 4.36. The van der Waals surface area contributed by atoms with E-state index < -0.39 is 0 Å². The first kappa shape index (κ1) is 20.1. The first-order chi connectivity index (χ1) is 14.1. The van der Waals surface area contributed by atoms with E-state index >= 15 is 0 Å². The van der Waals surface area contributed by atoms with Gasteiger partial charge in [0, 0.05) is 12.6 Å². The third-order valence-electron chi connectivity index (χ3n) is 6.14. The lowest BCUT2D eigenvalue weighted by Crippen LogP contribution is -2.35. The Morgan fingerprint density at radius 1 is 1.21 bits per heavy atom. The van der Waals surface area contributed by atoms with Gasteiger partial charge in [0.15, 0.2) is 11.0 Å². The molecule has 3 unspecified atom stereocenters. The van der Waals surface area contributed by atoms with Crippen LogP contribution in [0, 0.1) is 11.8 Å². The lowest BCUT2D eigenvalue weighted by Gasteiger charge is -2.36. The van der Waals surface area contributed by atoms with E-state index in [9.17, 15) is 4.79 Å². The van der Waals surface area contributed by atoms with Gasteiger partial charge in [-0.25, -0.2) is 9.67 Å². The lowest BCUT2D eigenvalue weighted by molar-refractivity contribution is 0.173. The Balaban J connectivity index is 1.75. The largest absolute Gasteiger partial charge is 0.284 e. The van der Waals surface area contributed by atoms with E-state index in [1.54, 1.807) is 11.8 Å². The Labute approximate surface area is 174 Å². The zero-order valence-electron chi connectivity index (χ0n) is 17.3. The molecule has 29 heavy (non-hydrogen) atoms. The van der Waals surface area contributed by atoms with Crippen LogP contribution in [0.25, 0.3) is 10.9 Å². The maximum absolute atomic E-state index is 13.5. The molecule has 0 saturated heterocycles. The number of benzene rings is 1. The number of aromatic nitrogens is 6. The zero-order valence-corrected chi connectivity index (χ0v) is 18.1. The summed E-state index contributed by atoms with van der Waals surface area (Å²) in [5, 5.41) is 13.5. The van der Waals surface area contributed by atoms with Crippen LogP contribution in [0.4, 0.5) is 0 Å². The zero-order chi connectivity index (χ0) is 20.4. The average Bonchev–Trinajstić information content (AvgIpc) is 3.17. The molecule has 0 bridgehead atoms. The Bertz CT molecular complexity index is 1050. The maximum atomic E-state index is 13.5. The fraction of sp³-hybridized carbons (Fsp3) is 0.571. The Morgan fingerprint density at radius 2 is 2.03 bits per heavy atom. The minimum absolute atomic E-state index is 0.0669. The third-order valence-corrected chi connectivity index (χ3v) is 7.09. The Kier molecular flexibility index (Phi) is 5.99. The summed E-state index contributed by atoms with van der Waals surface area (Å²) in [5.74, 6) is 2.45. The highest BCUT2D eigenvalue weighted by Crippen LogP contribution is 2.39. The Hall–Kier alpha value is -2.22. The molecule has 0 aliphatic heterocycles. The van der Waals surface area contributed by atoms with Crippen molar-refractivity contribution in [2.75, 3.05) is 0 Å². The predicted molar refractivity (Wildman–Crippen MR) is 115 cm³/mol. The molecule has 2 aromatic heterocycles. The summed E-state index contributed by atoms with van der Waals surface area (Å²) in [5.41, 5.74) is 0.818. The van der Waals surface area contributed by atoms with Gasteiger partial charge in [-0.05, 0) is 47.2 Å². The van der Waals surface area contributed by atoms with E-state index in [4.69, 9.17) is 4.98 Å². The van der Waals surface area contributed by atoms with Gasteiger partial charge in [-0.3, -0.25) is 9.36 Å². The number of para-hydroxylation sites is 1. The Morgan fingerprint density at radius 3 is 2.86 bits per heavy atom. The van der Waals surface area contributed by atoms with Gasteiger partial charge >= 0.3 is 0 Å². The van der Waals surface area contributed by atoms with Crippen LogP contribution < -0.4 is 5.56 Å². The van der Waals surface area contributed by atoms with Crippen molar-refractivity contribution in [2.24, 2.45) is 11.8 Å². The minimum Gasteiger partial charge on any atom is -0.284 e. The van der Waals surface area contributed by atoms with E-state index in [0.29, 0.717) is 23.0 Å². The topological polar surface area (TPSA) is 78.5 Å². The lowest BCUT2D eigenvalue weighted by atomic mass is 9.78. The summed E-state index contributed by atoms with van der Waals surface area (Å²) >= 11 is 1.56. The molecule has 154 valence electrons. The van der Waals surface area contributed by atoms with Crippen molar-refractivity contribution in [3.63, 3.8) is 0 Å². The van der Waals surface area contributed by atoms with Crippen LogP contribution in [0.1, 0.15) is 58.3 Å². The molecule has 1 fully saturated rings. The summed E-state index contributed by atoms with van der Waals surface area (Å²) in [4.78, 5) is 18.4. The molecule has 1 aliphatic rings. The molecule has 8 heteroatoms. The first-order valence-electron chi connectivity index (χ1n) is 10.5. The van der Waals surface area contributed by atoms with Gasteiger partial charge in [0.2, 0.25) is 0 Å². The minimum atomic E-state index is 0.0669. The maximum Gasteiger partial charge on any atom is 0.262 e. The second kappa shape index (κ2) is 8.65. The molecule has 0 amide bonds. The van der Waals surface area contributed by atoms with Crippen molar-refractivity contribution in [1.29, 1.82) is 0 Å². The van der Waals surface area contributed by atoms with Crippen molar-refractivity contribution in [3.05, 3.63) is 40.4 Å². The molecule has 3 aromatic rings. The number of hydrogen-bond acceptors (Lipinski definition) is 6. The summed E-state index contributed by atoms with van der Waals surface area (Å²) in [6.45, 7) is 7.46. The molecule has 4 rings (SSSR count). The molecule has 1 saturated carbocycles. The van der Waals surface area contributed by atoms with Gasteiger partial charge in [-0.1, -0.05) is 57.5 Å².